The Hall–Kier alpha value is -6.27. The summed E-state index contributed by atoms with van der Waals surface area (Å²) in [5.74, 6) is -2.46. The van der Waals surface area contributed by atoms with Gasteiger partial charge in [-0.2, -0.15) is 5.26 Å². The molecular weight excluding hydrogens is 716 g/mol. The third kappa shape index (κ3) is 6.59. The van der Waals surface area contributed by atoms with E-state index in [-0.39, 0.29) is 58.9 Å². The van der Waals surface area contributed by atoms with Crippen molar-refractivity contribution < 1.29 is 19.1 Å². The van der Waals surface area contributed by atoms with Crippen molar-refractivity contribution in [2.24, 2.45) is 5.41 Å². The van der Waals surface area contributed by atoms with Crippen LogP contribution in [0.1, 0.15) is 88.8 Å². The monoisotopic (exact) mass is 756 g/mol. The Labute approximate surface area is 321 Å². The fourth-order valence-corrected chi connectivity index (χ4v) is 8.27. The second-order valence-electron chi connectivity index (χ2n) is 15.8. The van der Waals surface area contributed by atoms with Crippen molar-refractivity contribution in [2.45, 2.75) is 66.1 Å². The molecule has 0 radical (unpaired) electrons. The van der Waals surface area contributed by atoms with E-state index in [1.165, 1.54) is 16.8 Å². The molecule has 15 heteroatoms. The summed E-state index contributed by atoms with van der Waals surface area (Å²) in [6.07, 6.45) is 5.11. The largest absolute Gasteiger partial charge is 0.475 e. The molecule has 1 amide bonds. The maximum atomic E-state index is 15.1. The lowest BCUT2D eigenvalue weighted by atomic mass is 9.94. The number of nitriles is 1. The first-order valence-electron chi connectivity index (χ1n) is 18.7. The highest BCUT2D eigenvalue weighted by atomic mass is 19.1. The van der Waals surface area contributed by atoms with Crippen LogP contribution >= 0.6 is 0 Å². The zero-order chi connectivity index (χ0) is 39.5. The van der Waals surface area contributed by atoms with E-state index in [0.717, 1.165) is 36.3 Å². The number of hydrogen-bond acceptors (Lipinski definition) is 9. The summed E-state index contributed by atoms with van der Waals surface area (Å²) in [5.41, 5.74) is 4.53. The zero-order valence-corrected chi connectivity index (χ0v) is 31.7. The number of imidazole rings is 1. The molecule has 8 rings (SSSR count). The van der Waals surface area contributed by atoms with Crippen LogP contribution in [0.3, 0.4) is 0 Å². The van der Waals surface area contributed by atoms with Gasteiger partial charge in [0.15, 0.2) is 5.65 Å². The summed E-state index contributed by atoms with van der Waals surface area (Å²) in [5, 5.41) is 20.0. The number of carbonyl (C=O) groups is 2. The van der Waals surface area contributed by atoms with Gasteiger partial charge in [0.1, 0.15) is 22.7 Å². The number of likely N-dealkylation sites (tertiary alicyclic amines) is 1. The van der Waals surface area contributed by atoms with E-state index in [1.807, 2.05) is 22.8 Å². The van der Waals surface area contributed by atoms with Crippen molar-refractivity contribution in [3.63, 3.8) is 0 Å². The van der Waals surface area contributed by atoms with Crippen molar-refractivity contribution >= 4 is 34.1 Å². The summed E-state index contributed by atoms with van der Waals surface area (Å²) < 4.78 is 20.1. The molecule has 1 aromatic carbocycles. The minimum Gasteiger partial charge on any atom is -0.475 e. The quantitative estimate of drug-likeness (QED) is 0.227. The molecule has 56 heavy (non-hydrogen) atoms. The first-order chi connectivity index (χ1) is 26.8. The van der Waals surface area contributed by atoms with Gasteiger partial charge in [0.2, 0.25) is 5.82 Å². The van der Waals surface area contributed by atoms with Crippen LogP contribution in [-0.2, 0) is 19.5 Å². The Morgan fingerprint density at radius 1 is 1.04 bits per heavy atom. The number of halogens is 1. The summed E-state index contributed by atoms with van der Waals surface area (Å²) in [4.78, 5) is 62.2. The smallest absolute Gasteiger partial charge is 0.374 e. The van der Waals surface area contributed by atoms with Crippen molar-refractivity contribution in [1.29, 1.82) is 5.26 Å². The minimum absolute atomic E-state index is 0.128. The lowest BCUT2D eigenvalue weighted by molar-refractivity contribution is 0.0681. The lowest BCUT2D eigenvalue weighted by Crippen LogP contribution is -2.41. The fraction of sp³-hybridized carbons (Fsp3) is 0.366. The number of amides is 1. The van der Waals surface area contributed by atoms with Crippen LogP contribution in [0.15, 0.2) is 59.7 Å². The van der Waals surface area contributed by atoms with E-state index in [1.54, 1.807) is 46.9 Å². The normalized spacial score (nSPS) is 15.3. The second-order valence-corrected chi connectivity index (χ2v) is 15.8. The predicted octanol–water partition coefficient (Wildman–Crippen LogP) is 5.27. The van der Waals surface area contributed by atoms with Gasteiger partial charge in [0, 0.05) is 55.1 Å². The molecule has 0 spiro atoms. The topological polar surface area (TPSA) is 168 Å². The minimum atomic E-state index is -1.28. The Kier molecular flexibility index (Phi) is 9.24. The number of carboxylic acid groups (broad SMARTS) is 1. The molecule has 286 valence electrons. The Balaban J connectivity index is 1.10. The maximum absolute atomic E-state index is 15.1. The number of pyridine rings is 2. The van der Waals surface area contributed by atoms with Gasteiger partial charge in [-0.15, -0.1) is 0 Å². The molecule has 0 atom stereocenters. The molecule has 1 fully saturated rings. The van der Waals surface area contributed by atoms with E-state index in [2.05, 4.69) is 45.6 Å². The number of carbonyl (C=O) groups excluding carboxylic acids is 1. The highest BCUT2D eigenvalue weighted by Gasteiger charge is 2.32. The van der Waals surface area contributed by atoms with Crippen molar-refractivity contribution in [2.75, 3.05) is 26.2 Å². The standard InChI is InChI=1S/C41H41FN10O4/c1-24-34-37(47-35(46-24)39(54)55)52(27-11-15-48(16-12-27)23-41(2,3)4)40(56)51(34)28-9-10-32(45-20-28)38(53)49-17-13-29-30-6-5-14-44-36(30)50(33(29)22-49)21-26-8-7-25(19-43)18-31(26)42/h5-10,14,18,20,27H,11-13,15-17,21-23H2,1-4H3,(H,54,55). The average Bonchev–Trinajstić information content (AvgIpc) is 3.65. The molecule has 0 unspecified atom stereocenters. The summed E-state index contributed by atoms with van der Waals surface area (Å²) in [7, 11) is 0. The molecule has 1 saturated heterocycles. The number of aromatic carboxylic acids is 1. The summed E-state index contributed by atoms with van der Waals surface area (Å²) in [6, 6.07) is 13.3. The second kappa shape index (κ2) is 14.1. The number of hydrogen-bond donors (Lipinski definition) is 1. The molecule has 0 aliphatic carbocycles. The van der Waals surface area contributed by atoms with E-state index >= 15 is 4.39 Å². The molecule has 6 aromatic rings. The van der Waals surface area contributed by atoms with Gasteiger partial charge in [-0.05, 0) is 73.6 Å². The van der Waals surface area contributed by atoms with Crippen LogP contribution in [0, 0.1) is 29.5 Å². The van der Waals surface area contributed by atoms with E-state index < -0.39 is 11.8 Å². The van der Waals surface area contributed by atoms with Crippen molar-refractivity contribution in [3.8, 4) is 11.8 Å². The SMILES string of the molecule is Cc1nc(C(=O)O)nc2c1n(-c1ccc(C(=O)N3CCc4c(n(Cc5ccc(C#N)cc5F)c5ncccc45)C3)nc1)c(=O)n2C1CCN(CC(C)(C)C)CC1. The molecule has 2 aliphatic rings. The Morgan fingerprint density at radius 2 is 1.82 bits per heavy atom. The first kappa shape index (κ1) is 36.7. The average molecular weight is 757 g/mol. The molecule has 5 aromatic heterocycles. The van der Waals surface area contributed by atoms with Gasteiger partial charge in [0.05, 0.1) is 42.3 Å². The first-order valence-corrected chi connectivity index (χ1v) is 18.7. The van der Waals surface area contributed by atoms with Crippen LogP contribution in [0.4, 0.5) is 4.39 Å². The van der Waals surface area contributed by atoms with Gasteiger partial charge < -0.3 is 19.5 Å². The summed E-state index contributed by atoms with van der Waals surface area (Å²) >= 11 is 0. The molecule has 14 nitrogen and oxygen atoms in total. The van der Waals surface area contributed by atoms with Crippen LogP contribution in [0.2, 0.25) is 0 Å². The number of fused-ring (bicyclic) bond motifs is 4. The fourth-order valence-electron chi connectivity index (χ4n) is 8.27. The number of nitrogens with zero attached hydrogens (tertiary/aromatic N) is 10. The highest BCUT2D eigenvalue weighted by Crippen LogP contribution is 2.32. The molecular formula is C41H41FN10O4. The molecule has 7 heterocycles. The molecule has 0 saturated carbocycles. The van der Waals surface area contributed by atoms with Crippen LogP contribution in [0.5, 0.6) is 0 Å². The summed E-state index contributed by atoms with van der Waals surface area (Å²) in [6.45, 7) is 11.6. The highest BCUT2D eigenvalue weighted by molar-refractivity contribution is 5.93. The van der Waals surface area contributed by atoms with Gasteiger partial charge in [-0.25, -0.2) is 33.9 Å². The number of carboxylic acids is 1. The third-order valence-electron chi connectivity index (χ3n) is 10.7. The van der Waals surface area contributed by atoms with E-state index in [0.29, 0.717) is 53.9 Å². The van der Waals surface area contributed by atoms with Gasteiger partial charge in [-0.1, -0.05) is 26.8 Å². The van der Waals surface area contributed by atoms with Crippen molar-refractivity contribution in [1.82, 2.24) is 43.4 Å². The van der Waals surface area contributed by atoms with Gasteiger partial charge >= 0.3 is 11.7 Å². The number of benzene rings is 1. The van der Waals surface area contributed by atoms with Crippen molar-refractivity contribution in [3.05, 3.63) is 111 Å². The zero-order valence-electron chi connectivity index (χ0n) is 31.7. The van der Waals surface area contributed by atoms with Crippen LogP contribution in [-0.4, -0.2) is 86.6 Å². The molecule has 0 bridgehead atoms. The third-order valence-corrected chi connectivity index (χ3v) is 10.7. The Morgan fingerprint density at radius 3 is 2.50 bits per heavy atom. The number of aryl methyl sites for hydroxylation is 1. The number of aromatic nitrogens is 7. The lowest BCUT2D eigenvalue weighted by Gasteiger charge is -2.36. The van der Waals surface area contributed by atoms with E-state index in [4.69, 9.17) is 0 Å². The molecule has 1 N–H and O–H groups in total. The van der Waals surface area contributed by atoms with Crippen LogP contribution < -0.4 is 5.69 Å². The molecule has 2 aliphatic heterocycles. The van der Waals surface area contributed by atoms with Crippen LogP contribution in [0.25, 0.3) is 27.9 Å². The van der Waals surface area contributed by atoms with Gasteiger partial charge in [-0.3, -0.25) is 13.9 Å². The van der Waals surface area contributed by atoms with Gasteiger partial charge in [0.25, 0.3) is 5.91 Å². The Bertz CT molecular complexity index is 2640. The number of piperidine rings is 1. The maximum Gasteiger partial charge on any atom is 0.374 e. The van der Waals surface area contributed by atoms with E-state index in [9.17, 15) is 24.8 Å². The predicted molar refractivity (Wildman–Crippen MR) is 205 cm³/mol. The number of rotatable bonds is 7.